The van der Waals surface area contributed by atoms with Crippen LogP contribution in [-0.4, -0.2) is 26.2 Å². The molecule has 106 valence electrons. The number of hydrogen-bond acceptors (Lipinski definition) is 2. The molecule has 0 radical (unpaired) electrons. The molecule has 19 heavy (non-hydrogen) atoms. The van der Waals surface area contributed by atoms with Crippen LogP contribution in [0.1, 0.15) is 25.8 Å². The number of nitrogens with zero attached hydrogens (tertiary/aromatic N) is 1. The first kappa shape index (κ1) is 16.2. The monoisotopic (exact) mass is 327 g/mol. The van der Waals surface area contributed by atoms with Crippen LogP contribution >= 0.6 is 15.9 Å². The lowest BCUT2D eigenvalue weighted by molar-refractivity contribution is -0.121. The molecule has 0 aromatic heterocycles. The van der Waals surface area contributed by atoms with Crippen LogP contribution in [-0.2, 0) is 9.53 Å². The van der Waals surface area contributed by atoms with E-state index in [-0.39, 0.29) is 11.8 Å². The van der Waals surface area contributed by atoms with Crippen molar-refractivity contribution in [3.8, 4) is 0 Å². The number of amides is 1. The predicted octanol–water partition coefficient (Wildman–Crippen LogP) is 3.78. The van der Waals surface area contributed by atoms with Crippen LogP contribution in [0.25, 0.3) is 0 Å². The Hall–Kier alpha value is -0.870. The molecule has 1 amide bonds. The van der Waals surface area contributed by atoms with Gasteiger partial charge >= 0.3 is 0 Å². The third-order valence-corrected chi connectivity index (χ3v) is 3.55. The van der Waals surface area contributed by atoms with Gasteiger partial charge in [0.15, 0.2) is 0 Å². The quantitative estimate of drug-likeness (QED) is 0.744. The maximum Gasteiger partial charge on any atom is 0.229 e. The fraction of sp³-hybridized carbons (Fsp3) is 0.533. The van der Waals surface area contributed by atoms with Crippen molar-refractivity contribution in [2.75, 3.05) is 25.2 Å². The van der Waals surface area contributed by atoms with Crippen molar-refractivity contribution in [2.45, 2.75) is 27.2 Å². The van der Waals surface area contributed by atoms with Gasteiger partial charge in [-0.25, -0.2) is 0 Å². The van der Waals surface area contributed by atoms with Crippen LogP contribution in [0, 0.1) is 12.8 Å². The number of carbonyl (C=O) groups excluding carboxylic acids is 1. The van der Waals surface area contributed by atoms with E-state index < -0.39 is 0 Å². The van der Waals surface area contributed by atoms with Crippen molar-refractivity contribution in [1.82, 2.24) is 0 Å². The summed E-state index contributed by atoms with van der Waals surface area (Å²) in [6.45, 7) is 7.21. The Morgan fingerprint density at radius 2 is 2.11 bits per heavy atom. The molecule has 0 aliphatic heterocycles. The molecule has 1 rings (SSSR count). The average molecular weight is 328 g/mol. The van der Waals surface area contributed by atoms with Crippen molar-refractivity contribution >= 4 is 27.5 Å². The Kier molecular flexibility index (Phi) is 6.52. The van der Waals surface area contributed by atoms with Crippen LogP contribution in [0.5, 0.6) is 0 Å². The molecule has 3 nitrogen and oxygen atoms in total. The second-order valence-electron chi connectivity index (χ2n) is 4.95. The maximum absolute atomic E-state index is 12.4. The van der Waals surface area contributed by atoms with Crippen LogP contribution in [0.4, 0.5) is 5.69 Å². The summed E-state index contributed by atoms with van der Waals surface area (Å²) in [5, 5.41) is 0. The van der Waals surface area contributed by atoms with Gasteiger partial charge in [-0.05, 0) is 47.0 Å². The van der Waals surface area contributed by atoms with Crippen LogP contribution < -0.4 is 4.90 Å². The van der Waals surface area contributed by atoms with E-state index in [1.807, 2.05) is 43.9 Å². The molecule has 0 aliphatic carbocycles. The number of methoxy groups -OCH3 is 1. The fourth-order valence-corrected chi connectivity index (χ4v) is 2.32. The second-order valence-corrected chi connectivity index (χ2v) is 5.80. The standard InChI is InChI=1S/C15H22BrNO2/c1-11(2)15(18)17(8-5-9-19-4)14-10-12(3)6-7-13(14)16/h6-7,10-11H,5,8-9H2,1-4H3. The number of aryl methyl sites for hydroxylation is 1. The number of benzene rings is 1. The third kappa shape index (κ3) is 4.62. The van der Waals surface area contributed by atoms with E-state index in [1.165, 1.54) is 0 Å². The molecule has 0 fully saturated rings. The Labute approximate surface area is 124 Å². The maximum atomic E-state index is 12.4. The lowest BCUT2D eigenvalue weighted by Crippen LogP contribution is -2.35. The van der Waals surface area contributed by atoms with Gasteiger partial charge in [-0.3, -0.25) is 4.79 Å². The van der Waals surface area contributed by atoms with Crippen LogP contribution in [0.15, 0.2) is 22.7 Å². The summed E-state index contributed by atoms with van der Waals surface area (Å²) >= 11 is 3.53. The van der Waals surface area contributed by atoms with E-state index in [4.69, 9.17) is 4.74 Å². The average Bonchev–Trinajstić information content (AvgIpc) is 2.37. The molecule has 0 saturated heterocycles. The Morgan fingerprint density at radius 1 is 1.42 bits per heavy atom. The topological polar surface area (TPSA) is 29.5 Å². The van der Waals surface area contributed by atoms with Gasteiger partial charge in [0, 0.05) is 30.7 Å². The van der Waals surface area contributed by atoms with Crippen LogP contribution in [0.3, 0.4) is 0 Å². The number of ether oxygens (including phenoxy) is 1. The fourth-order valence-electron chi connectivity index (χ4n) is 1.86. The molecule has 1 aromatic carbocycles. The molecule has 0 aliphatic rings. The van der Waals surface area contributed by atoms with E-state index in [9.17, 15) is 4.79 Å². The van der Waals surface area contributed by atoms with E-state index in [0.717, 1.165) is 22.1 Å². The minimum absolute atomic E-state index is 0.0186. The number of rotatable bonds is 6. The van der Waals surface area contributed by atoms with E-state index in [1.54, 1.807) is 7.11 Å². The summed E-state index contributed by atoms with van der Waals surface area (Å²) in [5.41, 5.74) is 2.08. The zero-order valence-electron chi connectivity index (χ0n) is 12.1. The highest BCUT2D eigenvalue weighted by Crippen LogP contribution is 2.28. The van der Waals surface area contributed by atoms with Crippen molar-refractivity contribution in [3.05, 3.63) is 28.2 Å². The molecule has 0 saturated carbocycles. The number of hydrogen-bond donors (Lipinski definition) is 0. The molecule has 0 spiro atoms. The van der Waals surface area contributed by atoms with E-state index in [2.05, 4.69) is 15.9 Å². The molecule has 1 aromatic rings. The first-order chi connectivity index (χ1) is 8.97. The normalized spacial score (nSPS) is 10.8. The predicted molar refractivity (Wildman–Crippen MR) is 82.6 cm³/mol. The molecule has 0 bridgehead atoms. The summed E-state index contributed by atoms with van der Waals surface area (Å²) in [6, 6.07) is 6.06. The highest BCUT2D eigenvalue weighted by Gasteiger charge is 2.20. The molecule has 0 atom stereocenters. The number of carbonyl (C=O) groups is 1. The second kappa shape index (κ2) is 7.65. The van der Waals surface area contributed by atoms with Gasteiger partial charge in [-0.1, -0.05) is 19.9 Å². The lowest BCUT2D eigenvalue weighted by atomic mass is 10.1. The minimum Gasteiger partial charge on any atom is -0.385 e. The Balaban J connectivity index is 3.00. The summed E-state index contributed by atoms with van der Waals surface area (Å²) in [4.78, 5) is 14.2. The van der Waals surface area contributed by atoms with Gasteiger partial charge in [-0.15, -0.1) is 0 Å². The molecular formula is C15H22BrNO2. The van der Waals surface area contributed by atoms with Crippen molar-refractivity contribution in [3.63, 3.8) is 0 Å². The number of halogens is 1. The van der Waals surface area contributed by atoms with Gasteiger partial charge < -0.3 is 9.64 Å². The third-order valence-electron chi connectivity index (χ3n) is 2.88. The highest BCUT2D eigenvalue weighted by molar-refractivity contribution is 9.10. The molecule has 4 heteroatoms. The highest BCUT2D eigenvalue weighted by atomic mass is 79.9. The molecule has 0 unspecified atom stereocenters. The summed E-state index contributed by atoms with van der Waals surface area (Å²) in [5.74, 6) is 0.123. The molecular weight excluding hydrogens is 306 g/mol. The molecule has 0 heterocycles. The summed E-state index contributed by atoms with van der Waals surface area (Å²) in [6.07, 6.45) is 0.829. The van der Waals surface area contributed by atoms with Gasteiger partial charge in [0.05, 0.1) is 5.69 Å². The first-order valence-electron chi connectivity index (χ1n) is 6.53. The van der Waals surface area contributed by atoms with E-state index in [0.29, 0.717) is 13.2 Å². The SMILES string of the molecule is COCCCN(C(=O)C(C)C)c1cc(C)ccc1Br. The summed E-state index contributed by atoms with van der Waals surface area (Å²) in [7, 11) is 1.68. The van der Waals surface area contributed by atoms with Crippen molar-refractivity contribution < 1.29 is 9.53 Å². The Bertz CT molecular complexity index is 432. The van der Waals surface area contributed by atoms with Gasteiger partial charge in [0.25, 0.3) is 0 Å². The van der Waals surface area contributed by atoms with Crippen LogP contribution in [0.2, 0.25) is 0 Å². The minimum atomic E-state index is -0.0186. The van der Waals surface area contributed by atoms with Gasteiger partial charge in [-0.2, -0.15) is 0 Å². The Morgan fingerprint density at radius 3 is 2.68 bits per heavy atom. The zero-order chi connectivity index (χ0) is 14.4. The van der Waals surface area contributed by atoms with Crippen molar-refractivity contribution in [2.24, 2.45) is 5.92 Å². The van der Waals surface area contributed by atoms with Gasteiger partial charge in [0.1, 0.15) is 0 Å². The lowest BCUT2D eigenvalue weighted by Gasteiger charge is -2.26. The molecule has 0 N–H and O–H groups in total. The largest absolute Gasteiger partial charge is 0.385 e. The first-order valence-corrected chi connectivity index (χ1v) is 7.33. The van der Waals surface area contributed by atoms with E-state index >= 15 is 0 Å². The van der Waals surface area contributed by atoms with Gasteiger partial charge in [0.2, 0.25) is 5.91 Å². The van der Waals surface area contributed by atoms with Crippen molar-refractivity contribution in [1.29, 1.82) is 0 Å². The zero-order valence-corrected chi connectivity index (χ0v) is 13.7. The summed E-state index contributed by atoms with van der Waals surface area (Å²) < 4.78 is 6.02. The number of anilines is 1. The smallest absolute Gasteiger partial charge is 0.229 e.